The van der Waals surface area contributed by atoms with Crippen LogP contribution in [0, 0.1) is 6.92 Å². The third kappa shape index (κ3) is 3.96. The van der Waals surface area contributed by atoms with Crippen LogP contribution in [0.4, 0.5) is 0 Å². The number of hydrogen-bond donors (Lipinski definition) is 1. The number of aromatic amines is 1. The number of aromatic nitrogens is 1. The van der Waals surface area contributed by atoms with Crippen molar-refractivity contribution in [2.75, 3.05) is 32.7 Å². The normalized spacial score (nSPS) is 15.8. The van der Waals surface area contributed by atoms with E-state index in [1.165, 1.54) is 0 Å². The van der Waals surface area contributed by atoms with Gasteiger partial charge in [-0.25, -0.2) is 0 Å². The minimum Gasteiger partial charge on any atom is -0.457 e. The van der Waals surface area contributed by atoms with Crippen LogP contribution in [0.15, 0.2) is 53.3 Å². The molecule has 5 nitrogen and oxygen atoms in total. The summed E-state index contributed by atoms with van der Waals surface area (Å²) in [6.07, 6.45) is 0. The summed E-state index contributed by atoms with van der Waals surface area (Å²) in [6.45, 7) is 10.1. The number of nitrogens with zero attached hydrogens (tertiary/aromatic N) is 2. The number of ether oxygens (including phenoxy) is 1. The summed E-state index contributed by atoms with van der Waals surface area (Å²) in [7, 11) is 0. The van der Waals surface area contributed by atoms with Crippen molar-refractivity contribution in [1.82, 2.24) is 14.8 Å². The quantitative estimate of drug-likeness (QED) is 0.735. The summed E-state index contributed by atoms with van der Waals surface area (Å²) in [5, 5.41) is 0.682. The first-order valence-corrected chi connectivity index (χ1v) is 9.97. The fourth-order valence-electron chi connectivity index (χ4n) is 3.80. The van der Waals surface area contributed by atoms with Gasteiger partial charge in [-0.3, -0.25) is 9.69 Å². The summed E-state index contributed by atoms with van der Waals surface area (Å²) >= 11 is 0. The number of benzene rings is 2. The molecule has 1 saturated heterocycles. The van der Waals surface area contributed by atoms with Crippen LogP contribution in [0.1, 0.15) is 18.2 Å². The number of rotatable bonds is 5. The Kier molecular flexibility index (Phi) is 5.46. The Morgan fingerprint density at radius 1 is 0.964 bits per heavy atom. The molecular weight excluding hydrogens is 350 g/mol. The van der Waals surface area contributed by atoms with Gasteiger partial charge in [-0.2, -0.15) is 0 Å². The van der Waals surface area contributed by atoms with E-state index < -0.39 is 0 Å². The second-order valence-corrected chi connectivity index (χ2v) is 7.39. The Balaban J connectivity index is 1.61. The van der Waals surface area contributed by atoms with Crippen molar-refractivity contribution < 1.29 is 4.74 Å². The average molecular weight is 377 g/mol. The summed E-state index contributed by atoms with van der Waals surface area (Å²) in [4.78, 5) is 21.5. The number of para-hydroxylation sites is 1. The van der Waals surface area contributed by atoms with Gasteiger partial charge in [0, 0.05) is 54.9 Å². The lowest BCUT2D eigenvalue weighted by molar-refractivity contribution is 0.131. The molecule has 0 radical (unpaired) electrons. The molecule has 1 aliphatic heterocycles. The molecule has 0 bridgehead atoms. The van der Waals surface area contributed by atoms with E-state index in [-0.39, 0.29) is 5.43 Å². The van der Waals surface area contributed by atoms with E-state index in [0.29, 0.717) is 17.7 Å². The minimum atomic E-state index is 0.0997. The van der Waals surface area contributed by atoms with E-state index >= 15 is 0 Å². The summed E-state index contributed by atoms with van der Waals surface area (Å²) in [5.74, 6) is 1.44. The molecule has 0 atom stereocenters. The molecule has 2 aromatic carbocycles. The van der Waals surface area contributed by atoms with E-state index in [2.05, 4.69) is 21.7 Å². The Bertz CT molecular complexity index is 1010. The molecule has 1 N–H and O–H groups in total. The lowest BCUT2D eigenvalue weighted by Gasteiger charge is -2.34. The van der Waals surface area contributed by atoms with Gasteiger partial charge in [0.05, 0.1) is 0 Å². The third-order valence-electron chi connectivity index (χ3n) is 5.56. The van der Waals surface area contributed by atoms with Gasteiger partial charge in [-0.15, -0.1) is 0 Å². The molecule has 0 amide bonds. The standard InChI is InChI=1S/C23H27N3O2/c1-3-25-11-13-26(14-12-25)16-21-17(2)24-22-10-9-19(15-20(22)23(21)27)28-18-7-5-4-6-8-18/h4-10,15H,3,11-14,16H2,1-2H3,(H,24,27). The van der Waals surface area contributed by atoms with Crippen molar-refractivity contribution >= 4 is 10.9 Å². The molecule has 1 aliphatic rings. The van der Waals surface area contributed by atoms with Crippen LogP contribution in [-0.2, 0) is 6.54 Å². The van der Waals surface area contributed by atoms with Crippen LogP contribution in [0.3, 0.4) is 0 Å². The maximum absolute atomic E-state index is 13.2. The fourth-order valence-corrected chi connectivity index (χ4v) is 3.80. The average Bonchev–Trinajstić information content (AvgIpc) is 2.73. The number of aryl methyl sites for hydroxylation is 1. The Morgan fingerprint density at radius 3 is 2.39 bits per heavy atom. The van der Waals surface area contributed by atoms with Crippen LogP contribution >= 0.6 is 0 Å². The summed E-state index contributed by atoms with van der Waals surface area (Å²) in [5.41, 5.74) is 2.76. The zero-order chi connectivity index (χ0) is 19.5. The molecular formula is C23H27N3O2. The second kappa shape index (κ2) is 8.17. The smallest absolute Gasteiger partial charge is 0.194 e. The van der Waals surface area contributed by atoms with E-state index in [0.717, 1.165) is 55.2 Å². The first kappa shape index (κ1) is 18.7. The van der Waals surface area contributed by atoms with Gasteiger partial charge >= 0.3 is 0 Å². The van der Waals surface area contributed by atoms with Crippen LogP contribution in [0.5, 0.6) is 11.5 Å². The Labute approximate surface area is 165 Å². The monoisotopic (exact) mass is 377 g/mol. The van der Waals surface area contributed by atoms with Crippen molar-refractivity contribution in [2.24, 2.45) is 0 Å². The molecule has 1 fully saturated rings. The first-order valence-electron chi connectivity index (χ1n) is 9.97. The predicted octanol–water partition coefficient (Wildman–Crippen LogP) is 3.77. The van der Waals surface area contributed by atoms with E-state index in [1.54, 1.807) is 0 Å². The zero-order valence-electron chi connectivity index (χ0n) is 16.6. The van der Waals surface area contributed by atoms with Gasteiger partial charge in [0.15, 0.2) is 5.43 Å². The minimum absolute atomic E-state index is 0.0997. The van der Waals surface area contributed by atoms with Crippen LogP contribution in [0.25, 0.3) is 10.9 Å². The zero-order valence-corrected chi connectivity index (χ0v) is 16.6. The van der Waals surface area contributed by atoms with Gasteiger partial charge in [0.1, 0.15) is 11.5 Å². The number of likely N-dealkylation sites (N-methyl/N-ethyl adjacent to an activating group) is 1. The van der Waals surface area contributed by atoms with E-state index in [1.807, 2.05) is 55.5 Å². The second-order valence-electron chi connectivity index (χ2n) is 7.39. The van der Waals surface area contributed by atoms with E-state index in [4.69, 9.17) is 4.74 Å². The maximum atomic E-state index is 13.2. The molecule has 0 aliphatic carbocycles. The number of pyridine rings is 1. The van der Waals surface area contributed by atoms with Crippen molar-refractivity contribution in [3.8, 4) is 11.5 Å². The molecule has 5 heteroatoms. The number of nitrogens with one attached hydrogen (secondary N) is 1. The molecule has 1 aromatic heterocycles. The van der Waals surface area contributed by atoms with Crippen LogP contribution in [-0.4, -0.2) is 47.5 Å². The van der Waals surface area contributed by atoms with Gasteiger partial charge in [-0.05, 0) is 43.8 Å². The molecule has 2 heterocycles. The molecule has 3 aromatic rings. The van der Waals surface area contributed by atoms with Gasteiger partial charge < -0.3 is 14.6 Å². The largest absolute Gasteiger partial charge is 0.457 e. The SMILES string of the molecule is CCN1CCN(Cc2c(C)[nH]c3ccc(Oc4ccccc4)cc3c2=O)CC1. The van der Waals surface area contributed by atoms with Crippen molar-refractivity contribution in [1.29, 1.82) is 0 Å². The lowest BCUT2D eigenvalue weighted by atomic mass is 10.1. The van der Waals surface area contributed by atoms with Crippen molar-refractivity contribution in [3.63, 3.8) is 0 Å². The Hall–Kier alpha value is -2.63. The van der Waals surface area contributed by atoms with Crippen LogP contribution in [0.2, 0.25) is 0 Å². The highest BCUT2D eigenvalue weighted by atomic mass is 16.5. The summed E-state index contributed by atoms with van der Waals surface area (Å²) < 4.78 is 5.92. The van der Waals surface area contributed by atoms with Crippen molar-refractivity contribution in [3.05, 3.63) is 70.0 Å². The topological polar surface area (TPSA) is 48.6 Å². The molecule has 0 saturated carbocycles. The molecule has 28 heavy (non-hydrogen) atoms. The lowest BCUT2D eigenvalue weighted by Crippen LogP contribution is -2.46. The third-order valence-corrected chi connectivity index (χ3v) is 5.56. The molecule has 0 spiro atoms. The fraction of sp³-hybridized carbons (Fsp3) is 0.348. The number of H-pyrrole nitrogens is 1. The number of fused-ring (bicyclic) bond motifs is 1. The first-order chi connectivity index (χ1) is 13.6. The highest BCUT2D eigenvalue weighted by Crippen LogP contribution is 2.24. The molecule has 4 rings (SSSR count). The van der Waals surface area contributed by atoms with Gasteiger partial charge in [0.2, 0.25) is 0 Å². The highest BCUT2D eigenvalue weighted by molar-refractivity contribution is 5.81. The number of hydrogen-bond acceptors (Lipinski definition) is 4. The van der Waals surface area contributed by atoms with Crippen LogP contribution < -0.4 is 10.2 Å². The van der Waals surface area contributed by atoms with Gasteiger partial charge in [0.25, 0.3) is 0 Å². The van der Waals surface area contributed by atoms with Crippen molar-refractivity contribution in [2.45, 2.75) is 20.4 Å². The molecule has 146 valence electrons. The molecule has 0 unspecified atom stereocenters. The number of piperazine rings is 1. The Morgan fingerprint density at radius 2 is 1.68 bits per heavy atom. The van der Waals surface area contributed by atoms with Gasteiger partial charge in [-0.1, -0.05) is 25.1 Å². The maximum Gasteiger partial charge on any atom is 0.194 e. The summed E-state index contributed by atoms with van der Waals surface area (Å²) in [6, 6.07) is 15.3. The highest BCUT2D eigenvalue weighted by Gasteiger charge is 2.19. The predicted molar refractivity (Wildman–Crippen MR) is 113 cm³/mol. The van der Waals surface area contributed by atoms with E-state index in [9.17, 15) is 4.79 Å².